The fraction of sp³-hybridized carbons (Fsp3) is 0.647. The highest BCUT2D eigenvalue weighted by atomic mass is 32.2. The lowest BCUT2D eigenvalue weighted by Crippen LogP contribution is -2.45. The molecule has 2 aliphatic heterocycles. The van der Waals surface area contributed by atoms with Gasteiger partial charge in [-0.3, -0.25) is 4.90 Å². The highest BCUT2D eigenvalue weighted by Crippen LogP contribution is 2.47. The summed E-state index contributed by atoms with van der Waals surface area (Å²) in [6, 6.07) is 9.60. The molecule has 2 saturated heterocycles. The molecule has 1 aromatic carbocycles. The molecule has 0 amide bonds. The van der Waals surface area contributed by atoms with Gasteiger partial charge < -0.3 is 0 Å². The van der Waals surface area contributed by atoms with E-state index in [1.807, 2.05) is 18.2 Å². The van der Waals surface area contributed by atoms with Gasteiger partial charge in [-0.2, -0.15) is 0 Å². The Morgan fingerprint density at radius 1 is 1.00 bits per heavy atom. The molecule has 3 fully saturated rings. The molecule has 4 atom stereocenters. The van der Waals surface area contributed by atoms with Crippen LogP contribution in [0.1, 0.15) is 32.1 Å². The fourth-order valence-corrected chi connectivity index (χ4v) is 7.03. The second kappa shape index (κ2) is 5.10. The molecule has 0 radical (unpaired) electrons. The van der Waals surface area contributed by atoms with E-state index in [2.05, 4.69) is 4.90 Å². The van der Waals surface area contributed by atoms with Gasteiger partial charge in [0.15, 0.2) is 9.84 Å². The number of hydrogen-bond donors (Lipinski definition) is 0. The third-order valence-electron chi connectivity index (χ3n) is 5.84. The Bertz CT molecular complexity index is 611. The number of hydrogen-bond acceptors (Lipinski definition) is 3. The minimum Gasteiger partial charge on any atom is -0.298 e. The molecule has 3 aliphatic rings. The Kier molecular flexibility index (Phi) is 3.34. The maximum absolute atomic E-state index is 13.1. The average molecular weight is 305 g/mol. The highest BCUT2D eigenvalue weighted by Gasteiger charge is 2.52. The third kappa shape index (κ3) is 2.15. The first-order chi connectivity index (χ1) is 10.2. The van der Waals surface area contributed by atoms with Crippen molar-refractivity contribution in [1.82, 2.24) is 4.90 Å². The molecule has 1 aromatic rings. The van der Waals surface area contributed by atoms with E-state index >= 15 is 0 Å². The molecule has 4 rings (SSSR count). The van der Waals surface area contributed by atoms with Crippen LogP contribution in [0.3, 0.4) is 0 Å². The van der Waals surface area contributed by atoms with E-state index in [-0.39, 0.29) is 5.25 Å². The third-order valence-corrected chi connectivity index (χ3v) is 8.06. The van der Waals surface area contributed by atoms with Crippen LogP contribution in [-0.4, -0.2) is 37.7 Å². The lowest BCUT2D eigenvalue weighted by Gasteiger charge is -2.42. The first-order valence-corrected chi connectivity index (χ1v) is 9.75. The van der Waals surface area contributed by atoms with E-state index < -0.39 is 9.84 Å². The summed E-state index contributed by atoms with van der Waals surface area (Å²) in [6.45, 7) is 1.85. The summed E-state index contributed by atoms with van der Waals surface area (Å²) in [5.41, 5.74) is 0. The van der Waals surface area contributed by atoms with Crippen LogP contribution < -0.4 is 0 Å². The van der Waals surface area contributed by atoms with Crippen LogP contribution in [0.4, 0.5) is 0 Å². The molecule has 0 bridgehead atoms. The van der Waals surface area contributed by atoms with E-state index in [1.54, 1.807) is 12.1 Å². The molecule has 1 aliphatic carbocycles. The van der Waals surface area contributed by atoms with Gasteiger partial charge in [0.1, 0.15) is 0 Å². The van der Waals surface area contributed by atoms with Crippen LogP contribution in [0.5, 0.6) is 0 Å². The summed E-state index contributed by atoms with van der Waals surface area (Å²) in [5, 5.41) is -0.189. The van der Waals surface area contributed by atoms with E-state index in [0.717, 1.165) is 25.4 Å². The van der Waals surface area contributed by atoms with Gasteiger partial charge in [0.25, 0.3) is 0 Å². The summed E-state index contributed by atoms with van der Waals surface area (Å²) >= 11 is 0. The Labute approximate surface area is 127 Å². The van der Waals surface area contributed by atoms with Crippen LogP contribution in [0.25, 0.3) is 0 Å². The van der Waals surface area contributed by atoms with E-state index in [1.165, 1.54) is 25.7 Å². The number of benzene rings is 1. The SMILES string of the molecule is O=S(=O)(c1ccccc1)[C@H]1CN2CCC[C@@H]3CCC[C@H]1[C@@H]32. The minimum absolute atomic E-state index is 0.189. The van der Waals surface area contributed by atoms with Gasteiger partial charge >= 0.3 is 0 Å². The summed E-state index contributed by atoms with van der Waals surface area (Å²) in [4.78, 5) is 3.00. The predicted octanol–water partition coefficient (Wildman–Crippen LogP) is 2.72. The topological polar surface area (TPSA) is 37.4 Å². The lowest BCUT2D eigenvalue weighted by molar-refractivity contribution is 0.0760. The maximum Gasteiger partial charge on any atom is 0.182 e. The van der Waals surface area contributed by atoms with Gasteiger partial charge in [-0.15, -0.1) is 0 Å². The average Bonchev–Trinajstić information content (AvgIpc) is 2.91. The Balaban J connectivity index is 1.70. The quantitative estimate of drug-likeness (QED) is 0.843. The zero-order valence-electron chi connectivity index (χ0n) is 12.3. The summed E-state index contributed by atoms with van der Waals surface area (Å²) < 4.78 is 26.1. The van der Waals surface area contributed by atoms with Gasteiger partial charge in [0.2, 0.25) is 0 Å². The molecule has 0 unspecified atom stereocenters. The van der Waals surface area contributed by atoms with E-state index in [0.29, 0.717) is 16.9 Å². The van der Waals surface area contributed by atoms with Gasteiger partial charge in [0.05, 0.1) is 10.1 Å². The Hall–Kier alpha value is -0.870. The number of piperidine rings is 1. The Morgan fingerprint density at radius 2 is 1.76 bits per heavy atom. The standard InChI is InChI=1S/C17H23NO2S/c19-21(20,14-8-2-1-3-9-14)16-12-18-11-5-7-13-6-4-10-15(16)17(13)18/h1-3,8-9,13,15-17H,4-7,10-12H2/t13-,15+,16-,17+/m0/s1. The summed E-state index contributed by atoms with van der Waals surface area (Å²) in [5.74, 6) is 1.10. The van der Waals surface area contributed by atoms with Crippen molar-refractivity contribution in [3.63, 3.8) is 0 Å². The first kappa shape index (κ1) is 13.8. The van der Waals surface area contributed by atoms with Crippen molar-refractivity contribution < 1.29 is 8.42 Å². The van der Waals surface area contributed by atoms with Crippen LogP contribution in [0.15, 0.2) is 35.2 Å². The second-order valence-electron chi connectivity index (χ2n) is 6.88. The monoisotopic (exact) mass is 305 g/mol. The molecule has 114 valence electrons. The molecular formula is C17H23NO2S. The Morgan fingerprint density at radius 3 is 2.57 bits per heavy atom. The van der Waals surface area contributed by atoms with E-state index in [4.69, 9.17) is 0 Å². The molecule has 0 aromatic heterocycles. The van der Waals surface area contributed by atoms with Crippen molar-refractivity contribution in [2.24, 2.45) is 11.8 Å². The molecule has 4 heteroatoms. The van der Waals surface area contributed by atoms with Gasteiger partial charge in [-0.25, -0.2) is 8.42 Å². The molecule has 21 heavy (non-hydrogen) atoms. The zero-order chi connectivity index (χ0) is 14.4. The summed E-state index contributed by atoms with van der Waals surface area (Å²) in [7, 11) is -3.19. The molecule has 2 heterocycles. The summed E-state index contributed by atoms with van der Waals surface area (Å²) in [6.07, 6.45) is 6.15. The van der Waals surface area contributed by atoms with Crippen molar-refractivity contribution in [2.45, 2.75) is 48.3 Å². The predicted molar refractivity (Wildman–Crippen MR) is 82.8 cm³/mol. The maximum atomic E-state index is 13.1. The lowest BCUT2D eigenvalue weighted by atomic mass is 9.74. The zero-order valence-corrected chi connectivity index (χ0v) is 13.1. The van der Waals surface area contributed by atoms with Crippen LogP contribution in [0, 0.1) is 11.8 Å². The number of nitrogens with zero attached hydrogens (tertiary/aromatic N) is 1. The van der Waals surface area contributed by atoms with Crippen LogP contribution in [-0.2, 0) is 9.84 Å². The van der Waals surface area contributed by atoms with Gasteiger partial charge in [-0.1, -0.05) is 24.6 Å². The fourth-order valence-electron chi connectivity index (χ4n) is 5.00. The van der Waals surface area contributed by atoms with Crippen molar-refractivity contribution in [2.75, 3.05) is 13.1 Å². The number of sulfone groups is 1. The highest BCUT2D eigenvalue weighted by molar-refractivity contribution is 7.92. The van der Waals surface area contributed by atoms with Crippen molar-refractivity contribution in [1.29, 1.82) is 0 Å². The molecular weight excluding hydrogens is 282 g/mol. The number of rotatable bonds is 2. The van der Waals surface area contributed by atoms with Crippen LogP contribution in [0.2, 0.25) is 0 Å². The van der Waals surface area contributed by atoms with Crippen molar-refractivity contribution in [3.8, 4) is 0 Å². The van der Waals surface area contributed by atoms with Gasteiger partial charge in [0, 0.05) is 12.6 Å². The molecule has 0 N–H and O–H groups in total. The smallest absolute Gasteiger partial charge is 0.182 e. The van der Waals surface area contributed by atoms with Crippen molar-refractivity contribution >= 4 is 9.84 Å². The normalized spacial score (nSPS) is 36.4. The first-order valence-electron chi connectivity index (χ1n) is 8.21. The largest absolute Gasteiger partial charge is 0.298 e. The second-order valence-corrected chi connectivity index (χ2v) is 9.05. The van der Waals surface area contributed by atoms with E-state index in [9.17, 15) is 8.42 Å². The molecule has 0 spiro atoms. The van der Waals surface area contributed by atoms with Crippen molar-refractivity contribution in [3.05, 3.63) is 30.3 Å². The molecule has 3 nitrogen and oxygen atoms in total. The van der Waals surface area contributed by atoms with Gasteiger partial charge in [-0.05, 0) is 56.2 Å². The minimum atomic E-state index is -3.19. The van der Waals surface area contributed by atoms with Crippen LogP contribution >= 0.6 is 0 Å². The molecule has 1 saturated carbocycles.